The van der Waals surface area contributed by atoms with Gasteiger partial charge in [-0.2, -0.15) is 5.26 Å². The van der Waals surface area contributed by atoms with Gasteiger partial charge < -0.3 is 5.32 Å². The highest BCUT2D eigenvalue weighted by Gasteiger charge is 2.17. The molecule has 150 valence electrons. The van der Waals surface area contributed by atoms with E-state index in [1.165, 1.54) is 11.8 Å². The van der Waals surface area contributed by atoms with Gasteiger partial charge in [-0.25, -0.2) is 4.98 Å². The maximum absolute atomic E-state index is 12.4. The molecule has 0 unspecified atom stereocenters. The molecule has 0 bridgehead atoms. The first kappa shape index (κ1) is 20.3. The van der Waals surface area contributed by atoms with E-state index >= 15 is 0 Å². The minimum atomic E-state index is -0.185. The highest BCUT2D eigenvalue weighted by molar-refractivity contribution is 8.00. The number of thioether (sulfide) groups is 1. The molecule has 0 aliphatic heterocycles. The normalized spacial score (nSPS) is 10.3. The fourth-order valence-corrected chi connectivity index (χ4v) is 3.91. The van der Waals surface area contributed by atoms with Gasteiger partial charge >= 0.3 is 0 Å². The number of hydrogen-bond donors (Lipinski definition) is 1. The summed E-state index contributed by atoms with van der Waals surface area (Å²) in [6, 6.07) is 27.3. The van der Waals surface area contributed by atoms with E-state index in [2.05, 4.69) is 16.4 Å². The quantitative estimate of drug-likeness (QED) is 0.420. The maximum Gasteiger partial charge on any atom is 0.234 e. The van der Waals surface area contributed by atoms with Crippen molar-refractivity contribution in [2.75, 3.05) is 11.1 Å². The first-order valence-electron chi connectivity index (χ1n) is 9.63. The third-order valence-corrected chi connectivity index (χ3v) is 5.51. The van der Waals surface area contributed by atoms with Crippen molar-refractivity contribution < 1.29 is 4.79 Å². The van der Waals surface area contributed by atoms with Crippen LogP contribution in [0.3, 0.4) is 0 Å². The van der Waals surface area contributed by atoms with Crippen LogP contribution in [0, 0.1) is 11.3 Å². The minimum absolute atomic E-state index is 0.128. The predicted molar refractivity (Wildman–Crippen MR) is 123 cm³/mol. The third kappa shape index (κ3) is 4.97. The molecule has 0 atom stereocenters. The number of pyridine rings is 2. The van der Waals surface area contributed by atoms with E-state index in [0.29, 0.717) is 16.3 Å². The highest BCUT2D eigenvalue weighted by Crippen LogP contribution is 2.34. The number of rotatable bonds is 6. The van der Waals surface area contributed by atoms with Gasteiger partial charge in [0.25, 0.3) is 0 Å². The molecule has 0 saturated carbocycles. The summed E-state index contributed by atoms with van der Waals surface area (Å²) in [6.07, 6.45) is 3.23. The average molecular weight is 423 g/mol. The molecule has 2 heterocycles. The number of hydrogen-bond acceptors (Lipinski definition) is 5. The van der Waals surface area contributed by atoms with Crippen LogP contribution >= 0.6 is 11.8 Å². The second-order valence-corrected chi connectivity index (χ2v) is 7.62. The van der Waals surface area contributed by atoms with Crippen molar-refractivity contribution in [3.63, 3.8) is 0 Å². The summed E-state index contributed by atoms with van der Waals surface area (Å²) in [4.78, 5) is 21.1. The molecule has 0 radical (unpaired) electrons. The van der Waals surface area contributed by atoms with Crippen LogP contribution in [0.15, 0.2) is 96.3 Å². The van der Waals surface area contributed by atoms with E-state index in [9.17, 15) is 10.1 Å². The summed E-state index contributed by atoms with van der Waals surface area (Å²) in [6.45, 7) is 0. The van der Waals surface area contributed by atoms with Gasteiger partial charge in [-0.15, -0.1) is 0 Å². The molecular formula is C25H18N4OS. The molecule has 0 fully saturated rings. The van der Waals surface area contributed by atoms with Gasteiger partial charge in [0.1, 0.15) is 11.1 Å². The van der Waals surface area contributed by atoms with E-state index in [1.54, 1.807) is 24.5 Å². The standard InChI is InChI=1S/C25H18N4OS/c26-15-22-21(18-8-3-1-4-9-18)14-23(19-10-5-2-6-11-19)29-25(22)31-17-24(30)28-20-12-7-13-27-16-20/h1-14,16H,17H2,(H,28,30). The minimum Gasteiger partial charge on any atom is -0.324 e. The SMILES string of the molecule is N#Cc1c(-c2ccccc2)cc(-c2ccccc2)nc1SCC(=O)Nc1cccnc1. The zero-order chi connectivity index (χ0) is 21.5. The van der Waals surface area contributed by atoms with Crippen LogP contribution < -0.4 is 5.32 Å². The summed E-state index contributed by atoms with van der Waals surface area (Å²) in [7, 11) is 0. The van der Waals surface area contributed by atoms with E-state index in [-0.39, 0.29) is 11.7 Å². The molecule has 1 N–H and O–H groups in total. The number of nitrogens with zero attached hydrogens (tertiary/aromatic N) is 3. The van der Waals surface area contributed by atoms with E-state index in [4.69, 9.17) is 4.98 Å². The zero-order valence-electron chi connectivity index (χ0n) is 16.5. The third-order valence-electron chi connectivity index (χ3n) is 4.54. The van der Waals surface area contributed by atoms with Crippen molar-refractivity contribution >= 4 is 23.4 Å². The van der Waals surface area contributed by atoms with Gasteiger partial charge in [0, 0.05) is 17.3 Å². The van der Waals surface area contributed by atoms with Crippen molar-refractivity contribution in [3.05, 3.63) is 96.8 Å². The van der Waals surface area contributed by atoms with Crippen LogP contribution in [0.25, 0.3) is 22.4 Å². The summed E-state index contributed by atoms with van der Waals surface area (Å²) in [5.41, 5.74) is 4.53. The lowest BCUT2D eigenvalue weighted by atomic mass is 9.99. The fourth-order valence-electron chi connectivity index (χ4n) is 3.10. The summed E-state index contributed by atoms with van der Waals surface area (Å²) in [5.74, 6) is -0.0571. The van der Waals surface area contributed by atoms with E-state index in [0.717, 1.165) is 22.4 Å². The number of nitrogens with one attached hydrogen (secondary N) is 1. The Balaban J connectivity index is 1.68. The molecule has 0 spiro atoms. The largest absolute Gasteiger partial charge is 0.324 e. The van der Waals surface area contributed by atoms with Crippen LogP contribution in [0.4, 0.5) is 5.69 Å². The Bertz CT molecular complexity index is 1220. The molecule has 2 aromatic carbocycles. The maximum atomic E-state index is 12.4. The molecule has 2 aromatic heterocycles. The monoisotopic (exact) mass is 422 g/mol. The number of carbonyl (C=O) groups excluding carboxylic acids is 1. The lowest BCUT2D eigenvalue weighted by Gasteiger charge is -2.12. The molecule has 0 aliphatic carbocycles. The lowest BCUT2D eigenvalue weighted by Crippen LogP contribution is -2.14. The smallest absolute Gasteiger partial charge is 0.234 e. The van der Waals surface area contributed by atoms with Crippen LogP contribution in [0.1, 0.15) is 5.56 Å². The number of benzene rings is 2. The van der Waals surface area contributed by atoms with E-state index in [1.807, 2.05) is 66.7 Å². The van der Waals surface area contributed by atoms with Crippen LogP contribution in [0.5, 0.6) is 0 Å². The van der Waals surface area contributed by atoms with Crippen LogP contribution in [-0.2, 0) is 4.79 Å². The molecule has 0 aliphatic rings. The van der Waals surface area contributed by atoms with Gasteiger partial charge in [0.15, 0.2) is 0 Å². The molecule has 4 rings (SSSR count). The lowest BCUT2D eigenvalue weighted by molar-refractivity contribution is -0.113. The molecule has 31 heavy (non-hydrogen) atoms. The first-order chi connectivity index (χ1) is 15.2. The van der Waals surface area contributed by atoms with Crippen molar-refractivity contribution in [3.8, 4) is 28.5 Å². The number of nitriles is 1. The van der Waals surface area contributed by atoms with Crippen molar-refractivity contribution in [1.82, 2.24) is 9.97 Å². The molecule has 0 saturated heterocycles. The Morgan fingerprint density at radius 1 is 0.968 bits per heavy atom. The fraction of sp³-hybridized carbons (Fsp3) is 0.0400. The summed E-state index contributed by atoms with van der Waals surface area (Å²) < 4.78 is 0. The average Bonchev–Trinajstić information content (AvgIpc) is 2.84. The number of amides is 1. The van der Waals surface area contributed by atoms with Crippen molar-refractivity contribution in [2.24, 2.45) is 0 Å². The number of aromatic nitrogens is 2. The number of anilines is 1. The Morgan fingerprint density at radius 3 is 2.32 bits per heavy atom. The second kappa shape index (κ2) is 9.70. The van der Waals surface area contributed by atoms with Crippen LogP contribution in [0.2, 0.25) is 0 Å². The van der Waals surface area contributed by atoms with Gasteiger partial charge in [-0.05, 0) is 23.8 Å². The second-order valence-electron chi connectivity index (χ2n) is 6.66. The van der Waals surface area contributed by atoms with Gasteiger partial charge in [0.05, 0.1) is 28.9 Å². The molecule has 6 heteroatoms. The topological polar surface area (TPSA) is 78.7 Å². The molecule has 4 aromatic rings. The summed E-state index contributed by atoms with van der Waals surface area (Å²) >= 11 is 1.25. The highest BCUT2D eigenvalue weighted by atomic mass is 32.2. The van der Waals surface area contributed by atoms with Gasteiger partial charge in [0.2, 0.25) is 5.91 Å². The van der Waals surface area contributed by atoms with Crippen molar-refractivity contribution in [1.29, 1.82) is 5.26 Å². The summed E-state index contributed by atoms with van der Waals surface area (Å²) in [5, 5.41) is 13.3. The Morgan fingerprint density at radius 2 is 1.68 bits per heavy atom. The van der Waals surface area contributed by atoms with Gasteiger partial charge in [-0.1, -0.05) is 72.4 Å². The molecular weight excluding hydrogens is 404 g/mol. The van der Waals surface area contributed by atoms with E-state index < -0.39 is 0 Å². The first-order valence-corrected chi connectivity index (χ1v) is 10.6. The molecule has 1 amide bonds. The Labute approximate surface area is 184 Å². The zero-order valence-corrected chi connectivity index (χ0v) is 17.3. The Kier molecular flexibility index (Phi) is 6.36. The van der Waals surface area contributed by atoms with Gasteiger partial charge in [-0.3, -0.25) is 9.78 Å². The van der Waals surface area contributed by atoms with Crippen LogP contribution in [-0.4, -0.2) is 21.6 Å². The van der Waals surface area contributed by atoms with Crippen molar-refractivity contribution in [2.45, 2.75) is 5.03 Å². The Hall–Kier alpha value is -3.95. The molecule has 5 nitrogen and oxygen atoms in total. The predicted octanol–water partition coefficient (Wildman–Crippen LogP) is 5.41. The number of carbonyl (C=O) groups is 1.